The minimum Gasteiger partial charge on any atom is -0.376 e. The van der Waals surface area contributed by atoms with Gasteiger partial charge in [0.2, 0.25) is 5.13 Å². The zero-order valence-electron chi connectivity index (χ0n) is 14.8. The van der Waals surface area contributed by atoms with Crippen LogP contribution in [0.3, 0.4) is 0 Å². The molecule has 1 aliphatic rings. The van der Waals surface area contributed by atoms with Gasteiger partial charge in [-0.2, -0.15) is 4.68 Å². The van der Waals surface area contributed by atoms with Gasteiger partial charge in [-0.1, -0.05) is 36.8 Å². The van der Waals surface area contributed by atoms with Gasteiger partial charge in [0.25, 0.3) is 5.56 Å². The topological polar surface area (TPSA) is 72.3 Å². The van der Waals surface area contributed by atoms with Crippen molar-refractivity contribution in [2.45, 2.75) is 38.7 Å². The molecule has 1 aromatic carbocycles. The lowest BCUT2D eigenvalue weighted by Crippen LogP contribution is -2.17. The van der Waals surface area contributed by atoms with Crippen molar-refractivity contribution in [3.63, 3.8) is 0 Å². The van der Waals surface area contributed by atoms with E-state index in [9.17, 15) is 4.79 Å². The van der Waals surface area contributed by atoms with Crippen molar-refractivity contribution < 1.29 is 4.74 Å². The van der Waals surface area contributed by atoms with Gasteiger partial charge in [-0.3, -0.25) is 14.9 Å². The molecule has 3 heterocycles. The molecule has 1 atom stereocenters. The summed E-state index contributed by atoms with van der Waals surface area (Å²) >= 11 is 1.51. The Morgan fingerprint density at radius 2 is 2.35 bits per heavy atom. The summed E-state index contributed by atoms with van der Waals surface area (Å²) in [6.45, 7) is 3.52. The van der Waals surface area contributed by atoms with Gasteiger partial charge < -0.3 is 4.74 Å². The Hall–Kier alpha value is -2.25. The summed E-state index contributed by atoms with van der Waals surface area (Å²) < 4.78 is 8.20. The normalized spacial score (nSPS) is 17.7. The molecule has 1 N–H and O–H groups in total. The lowest BCUT2D eigenvalue weighted by Gasteiger charge is -2.03. The first kappa shape index (κ1) is 17.2. The Balaban J connectivity index is 1.67. The fraction of sp³-hybridized carbons (Fsp3) is 0.421. The van der Waals surface area contributed by atoms with E-state index in [4.69, 9.17) is 4.74 Å². The second-order valence-electron chi connectivity index (χ2n) is 6.49. The molecule has 136 valence electrons. The van der Waals surface area contributed by atoms with Crippen LogP contribution in [0.2, 0.25) is 0 Å². The molecule has 7 heteroatoms. The smallest absolute Gasteiger partial charge is 0.282 e. The maximum absolute atomic E-state index is 12.9. The molecule has 1 saturated heterocycles. The van der Waals surface area contributed by atoms with Crippen molar-refractivity contribution >= 4 is 27.8 Å². The summed E-state index contributed by atoms with van der Waals surface area (Å²) in [6, 6.07) is 7.91. The molecule has 0 bridgehead atoms. The van der Waals surface area contributed by atoms with Gasteiger partial charge in [0.15, 0.2) is 0 Å². The molecule has 0 spiro atoms. The highest BCUT2D eigenvalue weighted by molar-refractivity contribution is 7.20. The van der Waals surface area contributed by atoms with Gasteiger partial charge in [0, 0.05) is 18.5 Å². The van der Waals surface area contributed by atoms with Crippen molar-refractivity contribution in [1.29, 1.82) is 0 Å². The number of hydrogen-bond acceptors (Lipinski definition) is 5. The lowest BCUT2D eigenvalue weighted by atomic mass is 10.2. The van der Waals surface area contributed by atoms with E-state index in [1.54, 1.807) is 10.9 Å². The fourth-order valence-electron chi connectivity index (χ4n) is 3.21. The van der Waals surface area contributed by atoms with Gasteiger partial charge in [-0.25, -0.2) is 4.98 Å². The maximum atomic E-state index is 12.9. The number of aromatic nitrogens is 3. The second-order valence-corrected chi connectivity index (χ2v) is 7.50. The number of hydrogen-bond donors (Lipinski definition) is 1. The average Bonchev–Trinajstić information content (AvgIpc) is 3.36. The molecule has 0 aliphatic carbocycles. The number of fused-ring (bicyclic) bond motifs is 1. The van der Waals surface area contributed by atoms with Crippen LogP contribution in [0.25, 0.3) is 15.3 Å². The zero-order chi connectivity index (χ0) is 17.9. The van der Waals surface area contributed by atoms with Crippen molar-refractivity contribution in [3.8, 4) is 5.13 Å². The van der Waals surface area contributed by atoms with Crippen LogP contribution in [-0.4, -0.2) is 40.2 Å². The number of aryl methyl sites for hydroxylation is 1. The molecule has 6 nitrogen and oxygen atoms in total. The van der Waals surface area contributed by atoms with E-state index in [1.165, 1.54) is 11.3 Å². The third-order valence-corrected chi connectivity index (χ3v) is 5.55. The Bertz CT molecular complexity index is 946. The zero-order valence-corrected chi connectivity index (χ0v) is 15.6. The summed E-state index contributed by atoms with van der Waals surface area (Å²) in [5.41, 5.74) is 2.35. The molecule has 3 aromatic rings. The van der Waals surface area contributed by atoms with E-state index in [0.717, 1.165) is 48.2 Å². The van der Waals surface area contributed by atoms with Crippen molar-refractivity contribution in [1.82, 2.24) is 14.8 Å². The predicted octanol–water partition coefficient (Wildman–Crippen LogP) is 3.33. The number of thiazole rings is 1. The molecule has 1 fully saturated rings. The van der Waals surface area contributed by atoms with E-state index in [1.807, 2.05) is 24.3 Å². The number of nitrogens with zero attached hydrogens (tertiary/aromatic N) is 3. The third-order valence-electron chi connectivity index (χ3n) is 4.53. The number of nitrogens with one attached hydrogen (secondary N) is 1. The van der Waals surface area contributed by atoms with Crippen LogP contribution in [0.5, 0.6) is 0 Å². The van der Waals surface area contributed by atoms with Gasteiger partial charge in [0.1, 0.15) is 0 Å². The van der Waals surface area contributed by atoms with E-state index in [-0.39, 0.29) is 11.7 Å². The number of benzene rings is 1. The molecule has 0 unspecified atom stereocenters. The first-order chi connectivity index (χ1) is 12.8. The number of aliphatic imine (C=N–C) groups is 1. The molecule has 26 heavy (non-hydrogen) atoms. The highest BCUT2D eigenvalue weighted by atomic mass is 32.1. The molecular weight excluding hydrogens is 348 g/mol. The van der Waals surface area contributed by atoms with Crippen molar-refractivity contribution in [2.24, 2.45) is 4.99 Å². The molecule has 4 rings (SSSR count). The van der Waals surface area contributed by atoms with Crippen LogP contribution < -0.4 is 5.56 Å². The van der Waals surface area contributed by atoms with Crippen LogP contribution in [0, 0.1) is 0 Å². The van der Waals surface area contributed by atoms with E-state index < -0.39 is 0 Å². The Morgan fingerprint density at radius 3 is 3.12 bits per heavy atom. The Morgan fingerprint density at radius 1 is 1.46 bits per heavy atom. The van der Waals surface area contributed by atoms with Crippen LogP contribution in [0.15, 0.2) is 34.1 Å². The first-order valence-corrected chi connectivity index (χ1v) is 9.89. The molecule has 1 aliphatic heterocycles. The average molecular weight is 370 g/mol. The highest BCUT2D eigenvalue weighted by Crippen LogP contribution is 2.23. The largest absolute Gasteiger partial charge is 0.376 e. The van der Waals surface area contributed by atoms with E-state index in [0.29, 0.717) is 17.2 Å². The van der Waals surface area contributed by atoms with Gasteiger partial charge in [-0.05, 0) is 31.4 Å². The summed E-state index contributed by atoms with van der Waals surface area (Å²) in [4.78, 5) is 22.0. The Kier molecular flexibility index (Phi) is 4.99. The molecule has 0 radical (unpaired) electrons. The standard InChI is InChI=1S/C19H22N4O2S/c1-2-6-15-14(12-20-11-13-7-5-10-25-13)18(24)23(22-15)19-21-16-8-3-4-9-17(16)26-19/h3-4,8-9,12-13,22H,2,5-7,10-11H2,1H3/t13-/m1/s1. The fourth-order valence-corrected chi connectivity index (χ4v) is 4.13. The molecule has 2 aromatic heterocycles. The number of H-pyrrole nitrogens is 1. The van der Waals surface area contributed by atoms with Crippen LogP contribution in [0.1, 0.15) is 37.4 Å². The van der Waals surface area contributed by atoms with Gasteiger partial charge in [0.05, 0.1) is 28.4 Å². The second kappa shape index (κ2) is 7.55. The quantitative estimate of drug-likeness (QED) is 0.677. The van der Waals surface area contributed by atoms with Gasteiger partial charge in [-0.15, -0.1) is 0 Å². The number of rotatable bonds is 6. The molecule has 0 saturated carbocycles. The van der Waals surface area contributed by atoms with Gasteiger partial charge >= 0.3 is 0 Å². The summed E-state index contributed by atoms with van der Waals surface area (Å²) in [5.74, 6) is 0. The van der Waals surface area contributed by atoms with Crippen molar-refractivity contribution in [2.75, 3.05) is 13.2 Å². The van der Waals surface area contributed by atoms with Crippen LogP contribution >= 0.6 is 11.3 Å². The summed E-state index contributed by atoms with van der Waals surface area (Å²) in [6.07, 6.45) is 5.78. The number of ether oxygens (including phenoxy) is 1. The van der Waals surface area contributed by atoms with E-state index in [2.05, 4.69) is 22.0 Å². The highest BCUT2D eigenvalue weighted by Gasteiger charge is 2.17. The van der Waals surface area contributed by atoms with Crippen molar-refractivity contribution in [3.05, 3.63) is 45.9 Å². The number of para-hydroxylation sites is 1. The minimum absolute atomic E-state index is 0.0939. The lowest BCUT2D eigenvalue weighted by molar-refractivity contribution is 0.118. The number of aromatic amines is 1. The monoisotopic (exact) mass is 370 g/mol. The molecular formula is C19H22N4O2S. The summed E-state index contributed by atoms with van der Waals surface area (Å²) in [7, 11) is 0. The predicted molar refractivity (Wildman–Crippen MR) is 105 cm³/mol. The third kappa shape index (κ3) is 3.37. The first-order valence-electron chi connectivity index (χ1n) is 9.07. The minimum atomic E-state index is -0.0939. The SMILES string of the molecule is CCCc1[nH]n(-c2nc3ccccc3s2)c(=O)c1C=NC[C@H]1CCCO1. The molecule has 0 amide bonds. The van der Waals surface area contributed by atoms with E-state index >= 15 is 0 Å². The van der Waals surface area contributed by atoms with Crippen LogP contribution in [0.4, 0.5) is 0 Å². The summed E-state index contributed by atoms with van der Waals surface area (Å²) in [5, 5.41) is 3.90. The Labute approximate surface area is 155 Å². The maximum Gasteiger partial charge on any atom is 0.282 e. The van der Waals surface area contributed by atoms with Crippen LogP contribution in [-0.2, 0) is 11.2 Å².